The normalized spacial score (nSPS) is 18.6. The summed E-state index contributed by atoms with van der Waals surface area (Å²) < 4.78 is 7.73. The first-order valence-corrected chi connectivity index (χ1v) is 13.2. The topological polar surface area (TPSA) is 75.9 Å². The van der Waals surface area contributed by atoms with Gasteiger partial charge in [-0.2, -0.15) is 0 Å². The van der Waals surface area contributed by atoms with Crippen LogP contribution in [0.25, 0.3) is 11.7 Å². The minimum absolute atomic E-state index is 0.105. The Morgan fingerprint density at radius 3 is 2.76 bits per heavy atom. The van der Waals surface area contributed by atoms with Crippen LogP contribution in [-0.4, -0.2) is 49.8 Å². The van der Waals surface area contributed by atoms with Crippen LogP contribution >= 0.6 is 24.0 Å². The largest absolute Gasteiger partial charge is 0.379 e. The molecule has 0 bridgehead atoms. The van der Waals surface area contributed by atoms with Gasteiger partial charge in [0.2, 0.25) is 0 Å². The second kappa shape index (κ2) is 11.0. The van der Waals surface area contributed by atoms with E-state index >= 15 is 0 Å². The number of carbonyl (C=O) groups is 1. The number of thioether (sulfide) groups is 1. The molecule has 2 aliphatic rings. The van der Waals surface area contributed by atoms with Gasteiger partial charge >= 0.3 is 0 Å². The fraction of sp³-hybridized carbons (Fsp3) is 0.520. The molecule has 9 heteroatoms. The first-order valence-electron chi connectivity index (χ1n) is 12.0. The lowest BCUT2D eigenvalue weighted by Crippen LogP contribution is -2.39. The van der Waals surface area contributed by atoms with E-state index < -0.39 is 0 Å². The van der Waals surface area contributed by atoms with Crippen LogP contribution < -0.4 is 10.9 Å². The molecule has 3 heterocycles. The molecule has 2 aromatic rings. The molecule has 1 saturated heterocycles. The molecule has 4 rings (SSSR count). The number of hydrogen-bond donors (Lipinski definition) is 1. The van der Waals surface area contributed by atoms with Crippen molar-refractivity contribution in [2.75, 3.05) is 18.5 Å². The lowest BCUT2D eigenvalue weighted by Gasteiger charge is -2.29. The Kier molecular flexibility index (Phi) is 8.06. The fourth-order valence-electron chi connectivity index (χ4n) is 4.39. The van der Waals surface area contributed by atoms with Crippen molar-refractivity contribution in [3.8, 4) is 0 Å². The van der Waals surface area contributed by atoms with Crippen molar-refractivity contribution in [3.63, 3.8) is 0 Å². The van der Waals surface area contributed by atoms with E-state index in [-0.39, 0.29) is 23.6 Å². The Morgan fingerprint density at radius 1 is 1.26 bits per heavy atom. The maximum Gasteiger partial charge on any atom is 0.267 e. The maximum absolute atomic E-state index is 13.5. The number of ether oxygens (including phenoxy) is 1. The van der Waals surface area contributed by atoms with Crippen molar-refractivity contribution in [3.05, 3.63) is 44.7 Å². The quantitative estimate of drug-likeness (QED) is 0.318. The van der Waals surface area contributed by atoms with Crippen LogP contribution in [0, 0.1) is 6.92 Å². The van der Waals surface area contributed by atoms with Gasteiger partial charge in [-0.15, -0.1) is 0 Å². The second-order valence-corrected chi connectivity index (χ2v) is 10.8. The molecule has 1 saturated carbocycles. The van der Waals surface area contributed by atoms with E-state index in [1.807, 2.05) is 32.9 Å². The number of nitrogens with zero attached hydrogens (tertiary/aromatic N) is 3. The average Bonchev–Trinajstić information content (AvgIpc) is 3.09. The van der Waals surface area contributed by atoms with Crippen LogP contribution in [0.4, 0.5) is 5.82 Å². The van der Waals surface area contributed by atoms with Gasteiger partial charge in [-0.25, -0.2) is 4.98 Å². The fourth-order valence-corrected chi connectivity index (χ4v) is 5.77. The summed E-state index contributed by atoms with van der Waals surface area (Å²) in [6.07, 6.45) is 9.78. The molecule has 1 aliphatic carbocycles. The number of thiocarbonyl (C=S) groups is 1. The Labute approximate surface area is 210 Å². The predicted octanol–water partition coefficient (Wildman–Crippen LogP) is 4.76. The Bertz CT molecular complexity index is 1170. The van der Waals surface area contributed by atoms with Crippen LogP contribution in [0.15, 0.2) is 28.0 Å². The highest BCUT2D eigenvalue weighted by molar-refractivity contribution is 8.26. The number of rotatable bonds is 8. The van der Waals surface area contributed by atoms with Crippen molar-refractivity contribution in [2.45, 2.75) is 71.4 Å². The van der Waals surface area contributed by atoms with Gasteiger partial charge in [0.1, 0.15) is 15.8 Å². The molecule has 0 radical (unpaired) electrons. The molecule has 1 amide bonds. The van der Waals surface area contributed by atoms with Crippen molar-refractivity contribution >= 4 is 51.7 Å². The number of nitrogens with one attached hydrogen (secondary N) is 1. The van der Waals surface area contributed by atoms with Crippen LogP contribution in [0.5, 0.6) is 0 Å². The van der Waals surface area contributed by atoms with Gasteiger partial charge in [-0.1, -0.05) is 49.3 Å². The zero-order valence-corrected chi connectivity index (χ0v) is 21.6. The van der Waals surface area contributed by atoms with Gasteiger partial charge in [-0.05, 0) is 57.7 Å². The summed E-state index contributed by atoms with van der Waals surface area (Å²) in [5.74, 6) is 0.369. The highest BCUT2D eigenvalue weighted by Gasteiger charge is 2.37. The number of fused-ring (bicyclic) bond motifs is 1. The zero-order valence-electron chi connectivity index (χ0n) is 20.0. The molecule has 182 valence electrons. The Balaban J connectivity index is 1.66. The summed E-state index contributed by atoms with van der Waals surface area (Å²) in [6, 6.07) is 3.91. The second-order valence-electron chi connectivity index (χ2n) is 9.16. The minimum atomic E-state index is -0.211. The zero-order chi connectivity index (χ0) is 24.2. The Hall–Kier alpha value is -2.23. The van der Waals surface area contributed by atoms with E-state index in [2.05, 4.69) is 5.32 Å². The van der Waals surface area contributed by atoms with Crippen molar-refractivity contribution in [1.82, 2.24) is 14.3 Å². The third-order valence-electron chi connectivity index (χ3n) is 6.11. The summed E-state index contributed by atoms with van der Waals surface area (Å²) in [7, 11) is 0. The van der Waals surface area contributed by atoms with E-state index in [0.717, 1.165) is 37.7 Å². The highest BCUT2D eigenvalue weighted by atomic mass is 32.2. The number of hydrogen-bond acceptors (Lipinski definition) is 7. The number of aryl methyl sites for hydroxylation is 1. The Morgan fingerprint density at radius 2 is 2.03 bits per heavy atom. The van der Waals surface area contributed by atoms with Crippen molar-refractivity contribution < 1.29 is 9.53 Å². The van der Waals surface area contributed by atoms with E-state index in [1.54, 1.807) is 17.2 Å². The van der Waals surface area contributed by atoms with Gasteiger partial charge in [0.05, 0.1) is 16.6 Å². The molecular formula is C25H32N4O3S2. The standard InChI is InChI=1S/C25H32N4O3S2/c1-16(2)32-13-7-12-26-22-19(23(30)28-15-17(3)10-11-21(28)27-22)14-20-24(31)29(25(33)34-20)18-8-5-4-6-9-18/h10-11,14-16,18,26H,4-9,12-13H2,1-3H3. The van der Waals surface area contributed by atoms with E-state index in [4.69, 9.17) is 21.9 Å². The molecule has 34 heavy (non-hydrogen) atoms. The molecular weight excluding hydrogens is 468 g/mol. The molecule has 0 unspecified atom stereocenters. The summed E-state index contributed by atoms with van der Waals surface area (Å²) in [4.78, 5) is 33.7. The molecule has 7 nitrogen and oxygen atoms in total. The number of anilines is 1. The van der Waals surface area contributed by atoms with E-state index in [1.165, 1.54) is 22.6 Å². The van der Waals surface area contributed by atoms with Crippen LogP contribution in [0.2, 0.25) is 0 Å². The summed E-state index contributed by atoms with van der Waals surface area (Å²) in [5, 5.41) is 3.29. The molecule has 1 aliphatic heterocycles. The van der Waals surface area contributed by atoms with Gasteiger partial charge in [-0.3, -0.25) is 18.9 Å². The predicted molar refractivity (Wildman–Crippen MR) is 142 cm³/mol. The molecule has 2 aromatic heterocycles. The minimum Gasteiger partial charge on any atom is -0.379 e. The monoisotopic (exact) mass is 500 g/mol. The smallest absolute Gasteiger partial charge is 0.267 e. The number of amides is 1. The SMILES string of the molecule is Cc1ccc2nc(NCCCOC(C)C)c(C=C3SC(=S)N(C4CCCCC4)C3=O)c(=O)n2c1. The van der Waals surface area contributed by atoms with Gasteiger partial charge < -0.3 is 10.1 Å². The third kappa shape index (κ3) is 5.53. The van der Waals surface area contributed by atoms with Crippen molar-refractivity contribution in [2.24, 2.45) is 0 Å². The number of aromatic nitrogens is 2. The summed E-state index contributed by atoms with van der Waals surface area (Å²) in [6.45, 7) is 7.16. The average molecular weight is 501 g/mol. The summed E-state index contributed by atoms with van der Waals surface area (Å²) >= 11 is 6.85. The van der Waals surface area contributed by atoms with Crippen LogP contribution in [-0.2, 0) is 9.53 Å². The van der Waals surface area contributed by atoms with E-state index in [9.17, 15) is 9.59 Å². The molecule has 0 atom stereocenters. The lowest BCUT2D eigenvalue weighted by atomic mass is 9.94. The van der Waals surface area contributed by atoms with Crippen LogP contribution in [0.3, 0.4) is 0 Å². The van der Waals surface area contributed by atoms with Gasteiger partial charge in [0, 0.05) is 25.4 Å². The van der Waals surface area contributed by atoms with E-state index in [0.29, 0.717) is 39.4 Å². The van der Waals surface area contributed by atoms with Crippen LogP contribution in [0.1, 0.15) is 63.5 Å². The highest BCUT2D eigenvalue weighted by Crippen LogP contribution is 2.37. The number of pyridine rings is 1. The molecule has 2 fully saturated rings. The van der Waals surface area contributed by atoms with Gasteiger partial charge in [0.25, 0.3) is 11.5 Å². The molecule has 1 N–H and O–H groups in total. The third-order valence-corrected chi connectivity index (χ3v) is 7.44. The number of carbonyl (C=O) groups excluding carboxylic acids is 1. The first kappa shape index (κ1) is 24.9. The van der Waals surface area contributed by atoms with Crippen molar-refractivity contribution in [1.29, 1.82) is 0 Å². The lowest BCUT2D eigenvalue weighted by molar-refractivity contribution is -0.124. The van der Waals surface area contributed by atoms with Gasteiger partial charge in [0.15, 0.2) is 0 Å². The molecule has 0 aromatic carbocycles. The summed E-state index contributed by atoms with van der Waals surface area (Å²) in [5.41, 5.74) is 1.68. The first-order chi connectivity index (χ1) is 16.3. The molecule has 0 spiro atoms. The maximum atomic E-state index is 13.5.